The van der Waals surface area contributed by atoms with E-state index in [0.29, 0.717) is 22.7 Å². The van der Waals surface area contributed by atoms with Gasteiger partial charge in [-0.05, 0) is 70.2 Å². The number of halogens is 2. The molecule has 3 rings (SSSR count). The van der Waals surface area contributed by atoms with Gasteiger partial charge in [-0.25, -0.2) is 4.39 Å². The number of rotatable bonds is 7. The minimum Gasteiger partial charge on any atom is -0.398 e. The molecule has 32 heavy (non-hydrogen) atoms. The third kappa shape index (κ3) is 5.13. The molecule has 0 aromatic heterocycles. The Balaban J connectivity index is 2.27. The quantitative estimate of drug-likeness (QED) is 0.181. The van der Waals surface area contributed by atoms with Crippen molar-refractivity contribution in [3.63, 3.8) is 0 Å². The number of nitrogens with two attached hydrogens (primary N) is 2. The highest BCUT2D eigenvalue weighted by molar-refractivity contribution is 6.32. The Morgan fingerprint density at radius 1 is 1.06 bits per heavy atom. The molecule has 4 nitrogen and oxygen atoms in total. The van der Waals surface area contributed by atoms with E-state index < -0.39 is 11.7 Å². The van der Waals surface area contributed by atoms with E-state index in [1.807, 2.05) is 43.3 Å². The van der Waals surface area contributed by atoms with Crippen LogP contribution in [0.15, 0.2) is 66.7 Å². The number of allylic oxidation sites excluding steroid dienone is 1. The number of anilines is 1. The van der Waals surface area contributed by atoms with Crippen LogP contribution < -0.4 is 11.5 Å². The molecule has 6 heteroatoms. The van der Waals surface area contributed by atoms with Gasteiger partial charge in [-0.1, -0.05) is 54.9 Å². The van der Waals surface area contributed by atoms with Crippen molar-refractivity contribution >= 4 is 46.6 Å². The Labute approximate surface area is 191 Å². The molecule has 162 valence electrons. The van der Waals surface area contributed by atoms with Gasteiger partial charge < -0.3 is 16.9 Å². The summed E-state index contributed by atoms with van der Waals surface area (Å²) in [5, 5.41) is 8.00. The largest absolute Gasteiger partial charge is 0.398 e. The summed E-state index contributed by atoms with van der Waals surface area (Å²) in [7, 11) is 0. The number of amides is 1. The molecule has 3 aromatic rings. The zero-order chi connectivity index (χ0) is 23.3. The lowest BCUT2D eigenvalue weighted by Crippen LogP contribution is -2.05. The lowest BCUT2D eigenvalue weighted by atomic mass is 9.87. The van der Waals surface area contributed by atoms with E-state index in [1.165, 1.54) is 24.4 Å². The van der Waals surface area contributed by atoms with Crippen molar-refractivity contribution in [1.29, 1.82) is 5.41 Å². The molecule has 0 aliphatic rings. The van der Waals surface area contributed by atoms with Crippen LogP contribution in [0.3, 0.4) is 0 Å². The van der Waals surface area contributed by atoms with Crippen LogP contribution in [-0.4, -0.2) is 12.1 Å². The molecule has 5 N–H and O–H groups in total. The van der Waals surface area contributed by atoms with Gasteiger partial charge >= 0.3 is 0 Å². The molecule has 0 aliphatic carbocycles. The van der Waals surface area contributed by atoms with Gasteiger partial charge in [0, 0.05) is 23.5 Å². The van der Waals surface area contributed by atoms with Gasteiger partial charge in [0.15, 0.2) is 0 Å². The normalized spacial score (nSPS) is 12.0. The number of carbonyl (C=O) groups excluding carboxylic acids is 1. The topological polar surface area (TPSA) is 93.0 Å². The van der Waals surface area contributed by atoms with Crippen LogP contribution in [0.25, 0.3) is 17.2 Å². The first-order valence-corrected chi connectivity index (χ1v) is 10.4. The molecule has 0 saturated heterocycles. The Morgan fingerprint density at radius 2 is 1.75 bits per heavy atom. The van der Waals surface area contributed by atoms with Gasteiger partial charge in [-0.2, -0.15) is 0 Å². The standard InChI is InChI=1S/C26H23ClFN3O/c1-2-21(22-10-9-20(28)14-23(22)27)26(18-8-11-24(30)19(13-18)15-29)17-6-3-16(4-7-17)5-12-25(31)32/h3-15,29H,2,30H2,1H3,(H2,31,32)/b12-5+,26-21+,29-15?. The zero-order valence-electron chi connectivity index (χ0n) is 17.5. The maximum atomic E-state index is 13.7. The average Bonchev–Trinajstić information content (AvgIpc) is 2.78. The van der Waals surface area contributed by atoms with E-state index in [2.05, 4.69) is 0 Å². The third-order valence-electron chi connectivity index (χ3n) is 5.08. The van der Waals surface area contributed by atoms with Gasteiger partial charge in [0.05, 0.1) is 5.02 Å². The highest BCUT2D eigenvalue weighted by Crippen LogP contribution is 2.38. The average molecular weight is 448 g/mol. The maximum Gasteiger partial charge on any atom is 0.241 e. The third-order valence-corrected chi connectivity index (χ3v) is 5.39. The van der Waals surface area contributed by atoms with Gasteiger partial charge in [0.1, 0.15) is 5.82 Å². The molecular weight excluding hydrogens is 425 g/mol. The fraction of sp³-hybridized carbons (Fsp3) is 0.0769. The Morgan fingerprint density at radius 3 is 2.34 bits per heavy atom. The van der Waals surface area contributed by atoms with Crippen molar-refractivity contribution in [3.8, 4) is 0 Å². The molecule has 0 aliphatic heterocycles. The maximum absolute atomic E-state index is 13.7. The second-order valence-electron chi connectivity index (χ2n) is 7.18. The summed E-state index contributed by atoms with van der Waals surface area (Å²) >= 11 is 6.42. The van der Waals surface area contributed by atoms with Crippen LogP contribution in [0, 0.1) is 11.2 Å². The van der Waals surface area contributed by atoms with Crippen molar-refractivity contribution in [1.82, 2.24) is 0 Å². The van der Waals surface area contributed by atoms with Gasteiger partial charge in [0.25, 0.3) is 0 Å². The fourth-order valence-corrected chi connectivity index (χ4v) is 3.83. The van der Waals surface area contributed by atoms with Crippen LogP contribution in [0.1, 0.15) is 41.2 Å². The van der Waals surface area contributed by atoms with E-state index in [4.69, 9.17) is 28.5 Å². The lowest BCUT2D eigenvalue weighted by molar-refractivity contribution is -0.113. The second-order valence-corrected chi connectivity index (χ2v) is 7.58. The number of benzene rings is 3. The molecule has 1 amide bonds. The first-order valence-electron chi connectivity index (χ1n) is 10.0. The fourth-order valence-electron chi connectivity index (χ4n) is 3.55. The number of hydrogen-bond acceptors (Lipinski definition) is 3. The van der Waals surface area contributed by atoms with Crippen molar-refractivity contribution in [3.05, 3.63) is 105 Å². The van der Waals surface area contributed by atoms with Crippen molar-refractivity contribution in [2.24, 2.45) is 5.73 Å². The van der Waals surface area contributed by atoms with E-state index in [-0.39, 0.29) is 0 Å². The first kappa shape index (κ1) is 23.0. The van der Waals surface area contributed by atoms with Gasteiger partial charge in [-0.3, -0.25) is 4.79 Å². The predicted molar refractivity (Wildman–Crippen MR) is 131 cm³/mol. The second kappa shape index (κ2) is 10.1. The summed E-state index contributed by atoms with van der Waals surface area (Å²) in [6.07, 6.45) is 4.79. The number of nitrogen functional groups attached to an aromatic ring is 1. The number of hydrogen-bond donors (Lipinski definition) is 3. The van der Waals surface area contributed by atoms with Crippen LogP contribution in [0.2, 0.25) is 5.02 Å². The zero-order valence-corrected chi connectivity index (χ0v) is 18.3. The monoisotopic (exact) mass is 447 g/mol. The van der Waals surface area contributed by atoms with E-state index >= 15 is 0 Å². The van der Waals surface area contributed by atoms with E-state index in [1.54, 1.807) is 18.2 Å². The molecular formula is C26H23ClFN3O. The van der Waals surface area contributed by atoms with Crippen molar-refractivity contribution < 1.29 is 9.18 Å². The van der Waals surface area contributed by atoms with E-state index in [0.717, 1.165) is 33.4 Å². The minimum absolute atomic E-state index is 0.322. The molecule has 0 atom stereocenters. The van der Waals surface area contributed by atoms with Gasteiger partial charge in [-0.15, -0.1) is 0 Å². The molecule has 3 aromatic carbocycles. The van der Waals surface area contributed by atoms with Crippen molar-refractivity contribution in [2.45, 2.75) is 13.3 Å². The molecule has 0 spiro atoms. The van der Waals surface area contributed by atoms with Crippen LogP contribution >= 0.6 is 11.6 Å². The summed E-state index contributed by atoms with van der Waals surface area (Å²) in [6.45, 7) is 2.01. The molecule has 0 saturated carbocycles. The number of carbonyl (C=O) groups is 1. The molecule has 0 heterocycles. The SMILES string of the molecule is CC/C(=C(/c1ccc(/C=C/C(N)=O)cc1)c1ccc(N)c(C=N)c1)c1ccc(F)cc1Cl. The van der Waals surface area contributed by atoms with Gasteiger partial charge in [0.2, 0.25) is 5.91 Å². The summed E-state index contributed by atoms with van der Waals surface area (Å²) < 4.78 is 13.7. The lowest BCUT2D eigenvalue weighted by Gasteiger charge is -2.18. The summed E-state index contributed by atoms with van der Waals surface area (Å²) in [6, 6.07) is 17.5. The molecule has 0 bridgehead atoms. The first-order chi connectivity index (χ1) is 15.3. The number of nitrogens with one attached hydrogen (secondary N) is 1. The summed E-state index contributed by atoms with van der Waals surface area (Å²) in [5.74, 6) is -0.921. The van der Waals surface area contributed by atoms with Crippen LogP contribution in [-0.2, 0) is 4.79 Å². The molecule has 0 unspecified atom stereocenters. The van der Waals surface area contributed by atoms with E-state index in [9.17, 15) is 9.18 Å². The predicted octanol–water partition coefficient (Wildman–Crippen LogP) is 5.93. The Hall–Kier alpha value is -3.70. The highest BCUT2D eigenvalue weighted by atomic mass is 35.5. The highest BCUT2D eigenvalue weighted by Gasteiger charge is 2.16. The smallest absolute Gasteiger partial charge is 0.241 e. The minimum atomic E-state index is -0.519. The van der Waals surface area contributed by atoms with Crippen LogP contribution in [0.4, 0.5) is 10.1 Å². The van der Waals surface area contributed by atoms with Crippen molar-refractivity contribution in [2.75, 3.05) is 5.73 Å². The number of primary amides is 1. The Bertz CT molecular complexity index is 1230. The molecule has 0 fully saturated rings. The summed E-state index contributed by atoms with van der Waals surface area (Å²) in [5.41, 5.74) is 17.4. The molecule has 0 radical (unpaired) electrons. The Kier molecular flexibility index (Phi) is 7.23. The summed E-state index contributed by atoms with van der Waals surface area (Å²) in [4.78, 5) is 11.0. The van der Waals surface area contributed by atoms with Crippen LogP contribution in [0.5, 0.6) is 0 Å².